The number of benzene rings is 1. The molecule has 0 bridgehead atoms. The van der Waals surface area contributed by atoms with E-state index in [4.69, 9.17) is 9.73 Å². The van der Waals surface area contributed by atoms with Gasteiger partial charge in [-0.05, 0) is 38.7 Å². The minimum absolute atomic E-state index is 0.265. The van der Waals surface area contributed by atoms with E-state index in [1.165, 1.54) is 5.56 Å². The standard InChI is InChI=1S/C23H35N7O/c1-17-12-20(16-30(17)15-19-8-5-4-6-9-19)26-23(24-13-21-10-7-11-31-21)25-14-22-28-27-18(2)29(22)3/h4-6,8-9,17,20-21H,7,10-16H2,1-3H3,(H2,24,25,26). The van der Waals surface area contributed by atoms with Gasteiger partial charge in [0.2, 0.25) is 0 Å². The van der Waals surface area contributed by atoms with Gasteiger partial charge in [0.15, 0.2) is 11.8 Å². The van der Waals surface area contributed by atoms with Crippen LogP contribution in [-0.2, 0) is 24.9 Å². The van der Waals surface area contributed by atoms with Gasteiger partial charge in [-0.2, -0.15) is 0 Å². The molecule has 2 aliphatic heterocycles. The number of nitrogens with zero attached hydrogens (tertiary/aromatic N) is 5. The molecule has 8 nitrogen and oxygen atoms in total. The molecule has 8 heteroatoms. The highest BCUT2D eigenvalue weighted by Gasteiger charge is 2.29. The molecular formula is C23H35N7O. The number of rotatable bonds is 7. The van der Waals surface area contributed by atoms with Crippen molar-refractivity contribution in [3.63, 3.8) is 0 Å². The number of aryl methyl sites for hydroxylation is 1. The minimum Gasteiger partial charge on any atom is -0.376 e. The summed E-state index contributed by atoms with van der Waals surface area (Å²) in [7, 11) is 1.98. The maximum Gasteiger partial charge on any atom is 0.192 e. The van der Waals surface area contributed by atoms with E-state index in [1.54, 1.807) is 0 Å². The second-order valence-corrected chi connectivity index (χ2v) is 8.74. The van der Waals surface area contributed by atoms with E-state index in [0.717, 1.165) is 63.1 Å². The van der Waals surface area contributed by atoms with Gasteiger partial charge in [-0.25, -0.2) is 4.99 Å². The highest BCUT2D eigenvalue weighted by molar-refractivity contribution is 5.80. The van der Waals surface area contributed by atoms with Crippen LogP contribution in [0, 0.1) is 6.92 Å². The van der Waals surface area contributed by atoms with Crippen LogP contribution in [0.4, 0.5) is 0 Å². The molecule has 2 aliphatic rings. The molecule has 0 amide bonds. The Labute approximate surface area is 185 Å². The van der Waals surface area contributed by atoms with Crippen molar-refractivity contribution in [3.8, 4) is 0 Å². The summed E-state index contributed by atoms with van der Waals surface area (Å²) in [5.41, 5.74) is 1.36. The monoisotopic (exact) mass is 425 g/mol. The summed E-state index contributed by atoms with van der Waals surface area (Å²) < 4.78 is 7.77. The van der Waals surface area contributed by atoms with Crippen molar-refractivity contribution < 1.29 is 4.74 Å². The van der Waals surface area contributed by atoms with Gasteiger partial charge in [0, 0.05) is 45.4 Å². The third-order valence-electron chi connectivity index (χ3n) is 6.36. The second kappa shape index (κ2) is 10.2. The van der Waals surface area contributed by atoms with Crippen LogP contribution in [0.3, 0.4) is 0 Å². The number of aliphatic imine (C=N–C) groups is 1. The third-order valence-corrected chi connectivity index (χ3v) is 6.36. The van der Waals surface area contributed by atoms with Crippen molar-refractivity contribution in [3.05, 3.63) is 47.5 Å². The Morgan fingerprint density at radius 2 is 2.10 bits per heavy atom. The van der Waals surface area contributed by atoms with Crippen molar-refractivity contribution >= 4 is 5.96 Å². The fourth-order valence-electron chi connectivity index (χ4n) is 4.34. The Bertz CT molecular complexity index is 860. The number of ether oxygens (including phenoxy) is 1. The average molecular weight is 426 g/mol. The lowest BCUT2D eigenvalue weighted by molar-refractivity contribution is 0.113. The molecule has 2 fully saturated rings. The van der Waals surface area contributed by atoms with Crippen LogP contribution in [0.1, 0.15) is 43.4 Å². The first-order valence-corrected chi connectivity index (χ1v) is 11.4. The van der Waals surface area contributed by atoms with Crippen molar-refractivity contribution in [2.24, 2.45) is 12.0 Å². The van der Waals surface area contributed by atoms with E-state index in [9.17, 15) is 0 Å². The maximum atomic E-state index is 5.78. The van der Waals surface area contributed by atoms with Gasteiger partial charge in [0.25, 0.3) is 0 Å². The maximum absolute atomic E-state index is 5.78. The molecule has 4 rings (SSSR count). The number of nitrogens with one attached hydrogen (secondary N) is 2. The summed E-state index contributed by atoms with van der Waals surface area (Å²) in [6, 6.07) is 11.6. The summed E-state index contributed by atoms with van der Waals surface area (Å²) in [5, 5.41) is 15.6. The Balaban J connectivity index is 1.38. The van der Waals surface area contributed by atoms with E-state index in [0.29, 0.717) is 18.6 Å². The SMILES string of the molecule is Cc1nnc(CN=C(NCC2CCCO2)NC2CC(C)N(Cc3ccccc3)C2)n1C. The lowest BCUT2D eigenvalue weighted by atomic mass is 10.2. The van der Waals surface area contributed by atoms with Crippen LogP contribution in [-0.4, -0.2) is 63.5 Å². The number of likely N-dealkylation sites (tertiary alicyclic amines) is 1. The molecule has 3 heterocycles. The molecule has 2 saturated heterocycles. The predicted molar refractivity (Wildman–Crippen MR) is 122 cm³/mol. The van der Waals surface area contributed by atoms with Gasteiger partial charge >= 0.3 is 0 Å². The number of hydrogen-bond donors (Lipinski definition) is 2. The zero-order chi connectivity index (χ0) is 21.6. The van der Waals surface area contributed by atoms with Gasteiger partial charge < -0.3 is 19.9 Å². The van der Waals surface area contributed by atoms with E-state index in [1.807, 2.05) is 18.5 Å². The van der Waals surface area contributed by atoms with Crippen LogP contribution in [0.2, 0.25) is 0 Å². The number of hydrogen-bond acceptors (Lipinski definition) is 5. The normalized spacial score (nSPS) is 24.6. The van der Waals surface area contributed by atoms with Crippen LogP contribution in [0.25, 0.3) is 0 Å². The van der Waals surface area contributed by atoms with Crippen molar-refractivity contribution in [1.29, 1.82) is 0 Å². The van der Waals surface area contributed by atoms with E-state index >= 15 is 0 Å². The molecule has 0 radical (unpaired) electrons. The Hall–Kier alpha value is -2.45. The van der Waals surface area contributed by atoms with Gasteiger partial charge in [0.1, 0.15) is 12.4 Å². The van der Waals surface area contributed by atoms with E-state index in [-0.39, 0.29) is 6.10 Å². The fourth-order valence-corrected chi connectivity index (χ4v) is 4.34. The van der Waals surface area contributed by atoms with Gasteiger partial charge in [-0.3, -0.25) is 4.90 Å². The third kappa shape index (κ3) is 5.83. The summed E-state index contributed by atoms with van der Waals surface area (Å²) in [6.07, 6.45) is 3.60. The molecular weight excluding hydrogens is 390 g/mol. The first-order chi connectivity index (χ1) is 15.1. The summed E-state index contributed by atoms with van der Waals surface area (Å²) in [6.45, 7) is 8.38. The van der Waals surface area contributed by atoms with Crippen molar-refractivity contribution in [1.82, 2.24) is 30.3 Å². The van der Waals surface area contributed by atoms with Gasteiger partial charge in [-0.1, -0.05) is 30.3 Å². The van der Waals surface area contributed by atoms with Crippen molar-refractivity contribution in [2.45, 2.75) is 64.4 Å². The lowest BCUT2D eigenvalue weighted by Crippen LogP contribution is -2.46. The van der Waals surface area contributed by atoms with E-state index in [2.05, 4.69) is 63.0 Å². The molecule has 1 aromatic heterocycles. The first-order valence-electron chi connectivity index (χ1n) is 11.4. The smallest absolute Gasteiger partial charge is 0.192 e. The van der Waals surface area contributed by atoms with Gasteiger partial charge in [-0.15, -0.1) is 10.2 Å². The topological polar surface area (TPSA) is 79.6 Å². The number of guanidine groups is 1. The van der Waals surface area contributed by atoms with Crippen LogP contribution >= 0.6 is 0 Å². The molecule has 0 aliphatic carbocycles. The molecule has 2 N–H and O–H groups in total. The molecule has 1 aromatic carbocycles. The first kappa shape index (κ1) is 21.8. The lowest BCUT2D eigenvalue weighted by Gasteiger charge is -2.21. The zero-order valence-electron chi connectivity index (χ0n) is 18.9. The number of aromatic nitrogens is 3. The quantitative estimate of drug-likeness (QED) is 0.522. The zero-order valence-corrected chi connectivity index (χ0v) is 18.9. The van der Waals surface area contributed by atoms with Crippen LogP contribution in [0.5, 0.6) is 0 Å². The predicted octanol–water partition coefficient (Wildman–Crippen LogP) is 2.00. The van der Waals surface area contributed by atoms with Gasteiger partial charge in [0.05, 0.1) is 6.10 Å². The second-order valence-electron chi connectivity index (χ2n) is 8.74. The molecule has 0 saturated carbocycles. The summed E-state index contributed by atoms with van der Waals surface area (Å²) in [4.78, 5) is 7.36. The Morgan fingerprint density at radius 1 is 1.26 bits per heavy atom. The van der Waals surface area contributed by atoms with Crippen LogP contribution < -0.4 is 10.6 Å². The molecule has 2 aromatic rings. The molecule has 0 spiro atoms. The highest BCUT2D eigenvalue weighted by Crippen LogP contribution is 2.20. The summed E-state index contributed by atoms with van der Waals surface area (Å²) in [5.74, 6) is 2.59. The molecule has 3 atom stereocenters. The molecule has 168 valence electrons. The Morgan fingerprint density at radius 3 is 2.81 bits per heavy atom. The highest BCUT2D eigenvalue weighted by atomic mass is 16.5. The van der Waals surface area contributed by atoms with E-state index < -0.39 is 0 Å². The Kier molecular flexibility index (Phi) is 7.19. The molecule has 31 heavy (non-hydrogen) atoms. The van der Waals surface area contributed by atoms with Crippen LogP contribution in [0.15, 0.2) is 35.3 Å². The van der Waals surface area contributed by atoms with Crippen molar-refractivity contribution in [2.75, 3.05) is 19.7 Å². The fraction of sp³-hybridized carbons (Fsp3) is 0.609. The largest absolute Gasteiger partial charge is 0.376 e. The summed E-state index contributed by atoms with van der Waals surface area (Å²) >= 11 is 0. The molecule has 3 unspecified atom stereocenters. The minimum atomic E-state index is 0.265. The average Bonchev–Trinajstić information content (AvgIpc) is 3.48.